The van der Waals surface area contributed by atoms with Gasteiger partial charge in [0.05, 0.1) is 0 Å². The number of aryl methyl sites for hydroxylation is 2. The number of nitrogens with zero attached hydrogens (tertiary/aromatic N) is 2. The first-order valence-electron chi connectivity index (χ1n) is 6.87. The molecule has 1 amide bonds. The number of benzene rings is 1. The zero-order valence-corrected chi connectivity index (χ0v) is 12.3. The molecule has 0 unspecified atom stereocenters. The minimum atomic E-state index is -0.00873. The van der Waals surface area contributed by atoms with E-state index in [9.17, 15) is 4.79 Å². The lowest BCUT2D eigenvalue weighted by Crippen LogP contribution is -2.36. The van der Waals surface area contributed by atoms with Gasteiger partial charge in [-0.2, -0.15) is 5.10 Å². The van der Waals surface area contributed by atoms with Crippen LogP contribution in [0.3, 0.4) is 0 Å². The van der Waals surface area contributed by atoms with E-state index in [2.05, 4.69) is 42.5 Å². The van der Waals surface area contributed by atoms with Crippen LogP contribution < -0.4 is 5.32 Å². The average molecular weight is 271 g/mol. The van der Waals surface area contributed by atoms with E-state index in [1.165, 1.54) is 16.7 Å². The largest absolute Gasteiger partial charge is 0.352 e. The second-order valence-electron chi connectivity index (χ2n) is 5.37. The Labute approximate surface area is 119 Å². The molecular weight excluding hydrogens is 250 g/mol. The standard InChI is InChI=1S/C16H21N3O/c1-12-7-13(2)9-15(8-12)10-14(3)18-16(20)11-19-6-4-5-17-19/h4-9,14H,10-11H2,1-3H3,(H,18,20)/t14-/m0/s1. The topological polar surface area (TPSA) is 46.9 Å². The number of nitrogens with one attached hydrogen (secondary N) is 1. The first-order chi connectivity index (χ1) is 9.52. The van der Waals surface area contributed by atoms with Crippen molar-refractivity contribution in [2.24, 2.45) is 0 Å². The normalized spacial score (nSPS) is 12.2. The van der Waals surface area contributed by atoms with E-state index in [0.717, 1.165) is 6.42 Å². The predicted molar refractivity (Wildman–Crippen MR) is 79.5 cm³/mol. The van der Waals surface area contributed by atoms with Gasteiger partial charge in [0, 0.05) is 18.4 Å². The van der Waals surface area contributed by atoms with Gasteiger partial charge in [-0.15, -0.1) is 0 Å². The van der Waals surface area contributed by atoms with Crippen molar-refractivity contribution < 1.29 is 4.79 Å². The number of hydrogen-bond donors (Lipinski definition) is 1. The molecule has 2 rings (SSSR count). The fraction of sp³-hybridized carbons (Fsp3) is 0.375. The molecule has 0 fully saturated rings. The molecule has 1 aromatic heterocycles. The van der Waals surface area contributed by atoms with Crippen molar-refractivity contribution in [3.63, 3.8) is 0 Å². The summed E-state index contributed by atoms with van der Waals surface area (Å²) < 4.78 is 1.62. The molecule has 4 heteroatoms. The summed E-state index contributed by atoms with van der Waals surface area (Å²) in [5.74, 6) is -0.00873. The van der Waals surface area contributed by atoms with Crippen molar-refractivity contribution in [1.29, 1.82) is 0 Å². The maximum atomic E-state index is 11.9. The summed E-state index contributed by atoms with van der Waals surface area (Å²) >= 11 is 0. The highest BCUT2D eigenvalue weighted by Crippen LogP contribution is 2.10. The van der Waals surface area contributed by atoms with E-state index in [-0.39, 0.29) is 18.5 Å². The number of carbonyl (C=O) groups is 1. The van der Waals surface area contributed by atoms with E-state index in [1.54, 1.807) is 17.1 Å². The zero-order valence-electron chi connectivity index (χ0n) is 12.3. The van der Waals surface area contributed by atoms with Crippen LogP contribution in [0, 0.1) is 13.8 Å². The molecule has 0 bridgehead atoms. The van der Waals surface area contributed by atoms with Gasteiger partial charge < -0.3 is 5.32 Å². The highest BCUT2D eigenvalue weighted by atomic mass is 16.2. The average Bonchev–Trinajstić information content (AvgIpc) is 2.79. The van der Waals surface area contributed by atoms with E-state index >= 15 is 0 Å². The van der Waals surface area contributed by atoms with Gasteiger partial charge in [-0.05, 0) is 38.8 Å². The highest BCUT2D eigenvalue weighted by Gasteiger charge is 2.09. The molecule has 4 nitrogen and oxygen atoms in total. The van der Waals surface area contributed by atoms with Gasteiger partial charge in [0.2, 0.25) is 5.91 Å². The van der Waals surface area contributed by atoms with Crippen LogP contribution in [0.2, 0.25) is 0 Å². The molecule has 0 aliphatic rings. The fourth-order valence-electron chi connectivity index (χ4n) is 2.45. The van der Waals surface area contributed by atoms with Crippen molar-refractivity contribution in [2.75, 3.05) is 0 Å². The molecule has 1 N–H and O–H groups in total. The second-order valence-corrected chi connectivity index (χ2v) is 5.37. The molecule has 0 saturated carbocycles. The van der Waals surface area contributed by atoms with Gasteiger partial charge in [0.15, 0.2) is 0 Å². The fourth-order valence-corrected chi connectivity index (χ4v) is 2.45. The van der Waals surface area contributed by atoms with Crippen molar-refractivity contribution in [2.45, 2.75) is 39.8 Å². The zero-order chi connectivity index (χ0) is 14.5. The number of amides is 1. The Morgan fingerprint density at radius 2 is 2.00 bits per heavy atom. The minimum Gasteiger partial charge on any atom is -0.352 e. The molecule has 2 aromatic rings. The molecule has 1 heterocycles. The SMILES string of the molecule is Cc1cc(C)cc(C[C@H](C)NC(=O)Cn2cccn2)c1. The predicted octanol–water partition coefficient (Wildman–Crippen LogP) is 2.25. The third-order valence-corrected chi connectivity index (χ3v) is 3.10. The van der Waals surface area contributed by atoms with E-state index in [4.69, 9.17) is 0 Å². The van der Waals surface area contributed by atoms with Crippen molar-refractivity contribution in [3.05, 3.63) is 53.3 Å². The van der Waals surface area contributed by atoms with Crippen LogP contribution in [-0.2, 0) is 17.8 Å². The van der Waals surface area contributed by atoms with Gasteiger partial charge in [0.1, 0.15) is 6.54 Å². The highest BCUT2D eigenvalue weighted by molar-refractivity contribution is 5.75. The van der Waals surface area contributed by atoms with Gasteiger partial charge >= 0.3 is 0 Å². The molecule has 0 spiro atoms. The maximum absolute atomic E-state index is 11.9. The van der Waals surface area contributed by atoms with Gasteiger partial charge in [0.25, 0.3) is 0 Å². The summed E-state index contributed by atoms with van der Waals surface area (Å²) in [5.41, 5.74) is 3.78. The van der Waals surface area contributed by atoms with Crippen LogP contribution in [0.15, 0.2) is 36.7 Å². The summed E-state index contributed by atoms with van der Waals surface area (Å²) in [7, 11) is 0. The molecular formula is C16H21N3O. The van der Waals surface area contributed by atoms with E-state index < -0.39 is 0 Å². The molecule has 1 aromatic carbocycles. The summed E-state index contributed by atoms with van der Waals surface area (Å²) in [6, 6.07) is 8.42. The summed E-state index contributed by atoms with van der Waals surface area (Å²) in [6.07, 6.45) is 4.30. The number of hydrogen-bond acceptors (Lipinski definition) is 2. The summed E-state index contributed by atoms with van der Waals surface area (Å²) in [5, 5.41) is 7.03. The number of rotatable bonds is 5. The van der Waals surface area contributed by atoms with Crippen molar-refractivity contribution in [1.82, 2.24) is 15.1 Å². The van der Waals surface area contributed by atoms with Crippen LogP contribution in [0.4, 0.5) is 0 Å². The summed E-state index contributed by atoms with van der Waals surface area (Å²) in [6.45, 7) is 6.48. The Morgan fingerprint density at radius 3 is 2.60 bits per heavy atom. The Morgan fingerprint density at radius 1 is 1.30 bits per heavy atom. The molecule has 0 saturated heterocycles. The number of carbonyl (C=O) groups excluding carboxylic acids is 1. The van der Waals surface area contributed by atoms with Crippen molar-refractivity contribution >= 4 is 5.91 Å². The first-order valence-corrected chi connectivity index (χ1v) is 6.87. The van der Waals surface area contributed by atoms with Gasteiger partial charge in [-0.25, -0.2) is 0 Å². The Kier molecular flexibility index (Phi) is 4.56. The molecule has 0 aliphatic carbocycles. The Hall–Kier alpha value is -2.10. The molecule has 20 heavy (non-hydrogen) atoms. The lowest BCUT2D eigenvalue weighted by atomic mass is 10.0. The Balaban J connectivity index is 1.88. The lowest BCUT2D eigenvalue weighted by molar-refractivity contribution is -0.122. The van der Waals surface area contributed by atoms with E-state index in [0.29, 0.717) is 0 Å². The minimum absolute atomic E-state index is 0.00873. The monoisotopic (exact) mass is 271 g/mol. The molecule has 0 radical (unpaired) electrons. The molecule has 1 atom stereocenters. The van der Waals surface area contributed by atoms with Gasteiger partial charge in [-0.1, -0.05) is 29.3 Å². The molecule has 0 aliphatic heterocycles. The maximum Gasteiger partial charge on any atom is 0.241 e. The van der Waals surface area contributed by atoms with Crippen LogP contribution in [0.1, 0.15) is 23.6 Å². The third kappa shape index (κ3) is 4.23. The lowest BCUT2D eigenvalue weighted by Gasteiger charge is -2.15. The van der Waals surface area contributed by atoms with Crippen molar-refractivity contribution in [3.8, 4) is 0 Å². The van der Waals surface area contributed by atoms with Crippen LogP contribution in [0.25, 0.3) is 0 Å². The first kappa shape index (κ1) is 14.3. The van der Waals surface area contributed by atoms with E-state index in [1.807, 2.05) is 13.0 Å². The summed E-state index contributed by atoms with van der Waals surface area (Å²) in [4.78, 5) is 11.9. The molecule has 106 valence electrons. The van der Waals surface area contributed by atoms with Crippen LogP contribution >= 0.6 is 0 Å². The van der Waals surface area contributed by atoms with Crippen LogP contribution in [0.5, 0.6) is 0 Å². The third-order valence-electron chi connectivity index (χ3n) is 3.10. The number of aromatic nitrogens is 2. The van der Waals surface area contributed by atoms with Gasteiger partial charge in [-0.3, -0.25) is 9.48 Å². The quantitative estimate of drug-likeness (QED) is 0.906. The smallest absolute Gasteiger partial charge is 0.241 e. The van der Waals surface area contributed by atoms with Crippen LogP contribution in [-0.4, -0.2) is 21.7 Å². The Bertz CT molecular complexity index is 555. The second kappa shape index (κ2) is 6.37.